The van der Waals surface area contributed by atoms with Gasteiger partial charge >= 0.3 is 5.97 Å². The molecule has 0 fully saturated rings. The zero-order valence-electron chi connectivity index (χ0n) is 41.1. The fourth-order valence-electron chi connectivity index (χ4n) is 9.46. The Bertz CT molecular complexity index is 1640. The topological polar surface area (TPSA) is 89.8 Å². The van der Waals surface area contributed by atoms with Crippen molar-refractivity contribution >= 4 is 29.0 Å². The van der Waals surface area contributed by atoms with Crippen LogP contribution in [-0.4, -0.2) is 29.8 Å². The van der Waals surface area contributed by atoms with Gasteiger partial charge in [0.15, 0.2) is 5.78 Å². The molecule has 0 unspecified atom stereocenters. The van der Waals surface area contributed by atoms with Crippen molar-refractivity contribution in [1.82, 2.24) is 0 Å². The average Bonchev–Trinajstić information content (AvgIpc) is 3.48. The number of hydrogen-bond acceptors (Lipinski definition) is 6. The predicted octanol–water partition coefficient (Wildman–Crippen LogP) is 17.4. The second-order valence-corrected chi connectivity index (χ2v) is 19.9. The van der Waals surface area contributed by atoms with E-state index < -0.39 is 10.3 Å². The summed E-state index contributed by atoms with van der Waals surface area (Å²) in [7, 11) is 0. The number of fused-ring (bicyclic) bond motifs is 1. The van der Waals surface area contributed by atoms with Crippen LogP contribution in [0.4, 0.5) is 5.69 Å². The number of Topliss-reactive ketones (excluding diaryl/α,β-unsaturated/α-hetero) is 1. The largest absolute Gasteiger partial charge is 0.461 e. The van der Waals surface area contributed by atoms with Crippen LogP contribution in [0.2, 0.25) is 5.02 Å². The Kier molecular flexibility index (Phi) is 28.7. The van der Waals surface area contributed by atoms with Gasteiger partial charge in [0, 0.05) is 58.1 Å². The molecule has 0 atom stereocenters. The van der Waals surface area contributed by atoms with Crippen LogP contribution >= 0.6 is 11.6 Å². The molecule has 1 aliphatic heterocycles. The van der Waals surface area contributed by atoms with Crippen molar-refractivity contribution in [3.05, 3.63) is 85.7 Å². The lowest BCUT2D eigenvalue weighted by atomic mass is 9.83. The maximum Gasteiger partial charge on any atom is 0.306 e. The molecule has 0 N–H and O–H groups in total. The third-order valence-corrected chi connectivity index (χ3v) is 13.8. The highest BCUT2D eigenvalue weighted by molar-refractivity contribution is 6.30. The molecular formula is C56H89ClN2O5. The van der Waals surface area contributed by atoms with Crippen LogP contribution in [0, 0.1) is 10.1 Å². The third-order valence-electron chi connectivity index (χ3n) is 13.5. The average molecular weight is 906 g/mol. The number of hydrogen-bond donors (Lipinski definition) is 0. The van der Waals surface area contributed by atoms with Crippen LogP contribution in [0.3, 0.4) is 0 Å². The van der Waals surface area contributed by atoms with Gasteiger partial charge in [-0.15, -0.1) is 0 Å². The quantitative estimate of drug-likeness (QED) is 0.0216. The minimum atomic E-state index is -0.493. The number of allylic oxidation sites excluding steroid dienone is 6. The van der Waals surface area contributed by atoms with Crippen LogP contribution in [0.15, 0.2) is 65.0 Å². The summed E-state index contributed by atoms with van der Waals surface area (Å²) in [5.41, 5.74) is 2.97. The number of esters is 1. The number of ether oxygens (including phenoxy) is 1. The smallest absolute Gasteiger partial charge is 0.306 e. The number of carbonyl (C=O) groups excluding carboxylic acids is 2. The van der Waals surface area contributed by atoms with E-state index in [4.69, 9.17) is 16.3 Å². The number of ketones is 1. The Morgan fingerprint density at radius 3 is 1.55 bits per heavy atom. The maximum absolute atomic E-state index is 13.7. The highest BCUT2D eigenvalue weighted by atomic mass is 35.5. The molecule has 0 aromatic heterocycles. The highest BCUT2D eigenvalue weighted by Gasteiger charge is 2.40. The van der Waals surface area contributed by atoms with Crippen LogP contribution in [0.5, 0.6) is 0 Å². The van der Waals surface area contributed by atoms with Gasteiger partial charge in [0.1, 0.15) is 6.61 Å². The van der Waals surface area contributed by atoms with E-state index in [1.165, 1.54) is 186 Å². The molecule has 3 rings (SSSR count). The Balaban J connectivity index is 1.43. The highest BCUT2D eigenvalue weighted by Crippen LogP contribution is 2.48. The molecule has 360 valence electrons. The fraction of sp³-hybridized carbons (Fsp3) is 0.714. The van der Waals surface area contributed by atoms with E-state index in [0.717, 1.165) is 55.6 Å². The Hall–Kier alpha value is -3.19. The summed E-state index contributed by atoms with van der Waals surface area (Å²) in [6.07, 6.45) is 47.8. The second-order valence-electron chi connectivity index (χ2n) is 19.5. The molecule has 7 nitrogen and oxygen atoms in total. The molecule has 0 saturated heterocycles. The summed E-state index contributed by atoms with van der Waals surface area (Å²) in [4.78, 5) is 40.2. The number of halogens is 1. The third kappa shape index (κ3) is 21.4. The van der Waals surface area contributed by atoms with Gasteiger partial charge in [-0.1, -0.05) is 232 Å². The van der Waals surface area contributed by atoms with Crippen molar-refractivity contribution in [2.24, 2.45) is 0 Å². The molecule has 2 aliphatic rings. The van der Waals surface area contributed by atoms with Crippen LogP contribution in [0.25, 0.3) is 0 Å². The van der Waals surface area contributed by atoms with Gasteiger partial charge in [0.2, 0.25) is 0 Å². The monoisotopic (exact) mass is 905 g/mol. The minimum absolute atomic E-state index is 0.116. The standard InChI is InChI=1S/C56H89ClN2O5/c1-5-7-9-11-13-15-17-19-21-23-25-27-29-31-33-35-37-54(60)64-46-48-44-50(59(62)63)43-47(55(48)61)38-41-53-56(3,4)51-45-49(57)39-40-52(51)58(53)42-36-34-32-30-28-26-24-22-20-18-16-14-12-10-8-6-2/h38-41,43-45H,5-37,42,46H2,1-4H3/b47-38-,53-41-. The lowest BCUT2D eigenvalue weighted by molar-refractivity contribution is -0.419. The molecule has 0 spiro atoms. The van der Waals surface area contributed by atoms with Crippen molar-refractivity contribution in [3.63, 3.8) is 0 Å². The minimum Gasteiger partial charge on any atom is -0.461 e. The molecule has 1 aromatic rings. The first kappa shape index (κ1) is 55.1. The van der Waals surface area contributed by atoms with Crippen molar-refractivity contribution in [2.45, 2.75) is 245 Å². The van der Waals surface area contributed by atoms with Gasteiger partial charge < -0.3 is 9.64 Å². The lowest BCUT2D eigenvalue weighted by Crippen LogP contribution is -2.27. The van der Waals surface area contributed by atoms with Gasteiger partial charge in [0.25, 0.3) is 5.70 Å². The number of nitro groups is 1. The zero-order chi connectivity index (χ0) is 46.3. The number of benzene rings is 1. The SMILES string of the molecule is CCCCCCCCCCCCCCCCCCC(=O)OCC1=CC([N+](=O)[O-])=C/C(=C/C=C2\N(CCCCCCCCCCCCCCCCCC)c3ccc(Cl)cc3C2(C)C)C1=O. The number of anilines is 1. The van der Waals surface area contributed by atoms with Crippen LogP contribution in [-0.2, 0) is 19.7 Å². The summed E-state index contributed by atoms with van der Waals surface area (Å²) in [5, 5.41) is 12.7. The van der Waals surface area contributed by atoms with Crippen molar-refractivity contribution in [2.75, 3.05) is 18.1 Å². The summed E-state index contributed by atoms with van der Waals surface area (Å²) in [6.45, 7) is 9.41. The molecule has 0 radical (unpaired) electrons. The fourth-order valence-corrected chi connectivity index (χ4v) is 9.63. The van der Waals surface area contributed by atoms with Crippen LogP contribution in [0.1, 0.15) is 245 Å². The summed E-state index contributed by atoms with van der Waals surface area (Å²) in [6, 6.07) is 6.02. The van der Waals surface area contributed by atoms with Gasteiger partial charge in [-0.3, -0.25) is 19.7 Å². The number of carbonyl (C=O) groups is 2. The molecule has 0 bridgehead atoms. The van der Waals surface area contributed by atoms with Crippen LogP contribution < -0.4 is 4.90 Å². The van der Waals surface area contributed by atoms with E-state index in [1.807, 2.05) is 18.2 Å². The van der Waals surface area contributed by atoms with E-state index in [-0.39, 0.29) is 41.6 Å². The molecule has 0 amide bonds. The predicted molar refractivity (Wildman–Crippen MR) is 271 cm³/mol. The Labute approximate surface area is 395 Å². The second kappa shape index (κ2) is 33.3. The number of rotatable bonds is 38. The van der Waals surface area contributed by atoms with E-state index >= 15 is 0 Å². The summed E-state index contributed by atoms with van der Waals surface area (Å²) < 4.78 is 5.51. The first-order valence-electron chi connectivity index (χ1n) is 26.4. The van der Waals surface area contributed by atoms with E-state index in [0.29, 0.717) is 5.02 Å². The van der Waals surface area contributed by atoms with E-state index in [1.54, 1.807) is 6.08 Å². The lowest BCUT2D eigenvalue weighted by Gasteiger charge is -2.27. The number of unbranched alkanes of at least 4 members (excludes halogenated alkanes) is 30. The van der Waals surface area contributed by atoms with Crippen molar-refractivity contribution in [3.8, 4) is 0 Å². The zero-order valence-corrected chi connectivity index (χ0v) is 41.9. The first-order valence-corrected chi connectivity index (χ1v) is 26.7. The molecular weight excluding hydrogens is 816 g/mol. The van der Waals surface area contributed by atoms with Crippen molar-refractivity contribution in [1.29, 1.82) is 0 Å². The van der Waals surface area contributed by atoms with Gasteiger partial charge in [-0.05, 0) is 48.8 Å². The Morgan fingerprint density at radius 1 is 0.656 bits per heavy atom. The number of nitrogens with zero attached hydrogens (tertiary/aromatic N) is 2. The summed E-state index contributed by atoms with van der Waals surface area (Å²) in [5.74, 6) is -0.740. The maximum atomic E-state index is 13.7. The first-order chi connectivity index (χ1) is 31.1. The summed E-state index contributed by atoms with van der Waals surface area (Å²) >= 11 is 6.51. The molecule has 1 heterocycles. The van der Waals surface area contributed by atoms with Gasteiger partial charge in [0.05, 0.1) is 4.92 Å². The molecule has 1 aromatic carbocycles. The normalized spacial score (nSPS) is 15.8. The Morgan fingerprint density at radius 2 is 1.09 bits per heavy atom. The molecule has 8 heteroatoms. The molecule has 64 heavy (non-hydrogen) atoms. The molecule has 0 saturated carbocycles. The van der Waals surface area contributed by atoms with E-state index in [2.05, 4.69) is 38.7 Å². The van der Waals surface area contributed by atoms with Gasteiger partial charge in [-0.2, -0.15) is 0 Å². The van der Waals surface area contributed by atoms with Crippen molar-refractivity contribution < 1.29 is 19.2 Å². The molecule has 1 aliphatic carbocycles. The van der Waals surface area contributed by atoms with Gasteiger partial charge in [-0.25, -0.2) is 0 Å². The van der Waals surface area contributed by atoms with E-state index in [9.17, 15) is 19.7 Å².